The summed E-state index contributed by atoms with van der Waals surface area (Å²) in [6, 6.07) is 12.6. The van der Waals surface area contributed by atoms with Gasteiger partial charge in [-0.3, -0.25) is 4.79 Å². The van der Waals surface area contributed by atoms with Gasteiger partial charge in [0, 0.05) is 32.1 Å². The maximum absolute atomic E-state index is 12.8. The van der Waals surface area contributed by atoms with E-state index in [0.29, 0.717) is 19.5 Å². The lowest BCUT2D eigenvalue weighted by Crippen LogP contribution is -2.50. The SMILES string of the molecule is COc1ccccc1N1CCN(C(=O)C(C)Cc2ccc(O)c(O)c2)CC1. The monoisotopic (exact) mass is 370 g/mol. The van der Waals surface area contributed by atoms with Gasteiger partial charge in [-0.25, -0.2) is 0 Å². The Morgan fingerprint density at radius 3 is 2.44 bits per heavy atom. The zero-order valence-corrected chi connectivity index (χ0v) is 15.8. The van der Waals surface area contributed by atoms with Crippen molar-refractivity contribution in [2.75, 3.05) is 38.2 Å². The predicted octanol–water partition coefficient (Wildman–Crippen LogP) is 2.63. The lowest BCUT2D eigenvalue weighted by Gasteiger charge is -2.37. The maximum atomic E-state index is 12.8. The second kappa shape index (κ2) is 8.20. The summed E-state index contributed by atoms with van der Waals surface area (Å²) in [6.45, 7) is 4.76. The molecular weight excluding hydrogens is 344 g/mol. The number of phenols is 2. The van der Waals surface area contributed by atoms with E-state index in [1.54, 1.807) is 13.2 Å². The van der Waals surface area contributed by atoms with Crippen LogP contribution >= 0.6 is 0 Å². The minimum atomic E-state index is -0.188. The molecule has 144 valence electrons. The highest BCUT2D eigenvalue weighted by molar-refractivity contribution is 5.79. The van der Waals surface area contributed by atoms with Crippen LogP contribution in [-0.4, -0.2) is 54.3 Å². The second-order valence-corrected chi connectivity index (χ2v) is 6.91. The molecule has 3 rings (SSSR count). The predicted molar refractivity (Wildman–Crippen MR) is 104 cm³/mol. The first-order valence-electron chi connectivity index (χ1n) is 9.17. The van der Waals surface area contributed by atoms with Crippen molar-refractivity contribution >= 4 is 11.6 Å². The van der Waals surface area contributed by atoms with Crippen molar-refractivity contribution in [2.45, 2.75) is 13.3 Å². The van der Waals surface area contributed by atoms with Crippen molar-refractivity contribution in [3.05, 3.63) is 48.0 Å². The quantitative estimate of drug-likeness (QED) is 0.792. The van der Waals surface area contributed by atoms with Gasteiger partial charge < -0.3 is 24.7 Å². The Morgan fingerprint density at radius 1 is 1.07 bits per heavy atom. The third kappa shape index (κ3) is 4.27. The van der Waals surface area contributed by atoms with E-state index in [0.717, 1.165) is 30.1 Å². The van der Waals surface area contributed by atoms with Gasteiger partial charge in [-0.1, -0.05) is 25.1 Å². The number of phenolic OH excluding ortho intramolecular Hbond substituents is 2. The highest BCUT2D eigenvalue weighted by Crippen LogP contribution is 2.29. The fraction of sp³-hybridized carbons (Fsp3) is 0.381. The van der Waals surface area contributed by atoms with Gasteiger partial charge in [-0.15, -0.1) is 0 Å². The molecule has 1 fully saturated rings. The molecule has 0 spiro atoms. The molecule has 6 heteroatoms. The third-order valence-corrected chi connectivity index (χ3v) is 5.02. The highest BCUT2D eigenvalue weighted by Gasteiger charge is 2.26. The topological polar surface area (TPSA) is 73.2 Å². The van der Waals surface area contributed by atoms with Crippen molar-refractivity contribution in [1.82, 2.24) is 4.90 Å². The fourth-order valence-electron chi connectivity index (χ4n) is 3.51. The zero-order chi connectivity index (χ0) is 19.4. The molecule has 1 aliphatic rings. The molecule has 1 aliphatic heterocycles. The molecule has 0 aromatic heterocycles. The number of carbonyl (C=O) groups excluding carboxylic acids is 1. The molecule has 0 aliphatic carbocycles. The molecule has 6 nitrogen and oxygen atoms in total. The summed E-state index contributed by atoms with van der Waals surface area (Å²) in [4.78, 5) is 16.9. The van der Waals surface area contributed by atoms with Gasteiger partial charge in [0.15, 0.2) is 11.5 Å². The largest absolute Gasteiger partial charge is 0.504 e. The van der Waals surface area contributed by atoms with E-state index < -0.39 is 0 Å². The van der Waals surface area contributed by atoms with Crippen LogP contribution in [0.1, 0.15) is 12.5 Å². The maximum Gasteiger partial charge on any atom is 0.225 e. The zero-order valence-electron chi connectivity index (χ0n) is 15.8. The van der Waals surface area contributed by atoms with Gasteiger partial charge in [0.1, 0.15) is 5.75 Å². The molecular formula is C21H26N2O4. The fourth-order valence-corrected chi connectivity index (χ4v) is 3.51. The minimum Gasteiger partial charge on any atom is -0.504 e. The number of anilines is 1. The molecule has 0 radical (unpaired) electrons. The number of para-hydroxylation sites is 2. The van der Waals surface area contributed by atoms with E-state index in [4.69, 9.17) is 4.74 Å². The standard InChI is InChI=1S/C21H26N2O4/c1-15(13-16-7-8-18(24)19(25)14-16)21(26)23-11-9-22(10-12-23)17-5-3-4-6-20(17)27-2/h3-8,14-15,24-25H,9-13H2,1-2H3. The van der Waals surface area contributed by atoms with E-state index in [-0.39, 0.29) is 23.3 Å². The smallest absolute Gasteiger partial charge is 0.225 e. The normalized spacial score (nSPS) is 15.5. The molecule has 1 saturated heterocycles. The lowest BCUT2D eigenvalue weighted by atomic mass is 9.99. The van der Waals surface area contributed by atoms with E-state index in [2.05, 4.69) is 4.90 Å². The van der Waals surface area contributed by atoms with Gasteiger partial charge >= 0.3 is 0 Å². The number of ether oxygens (including phenoxy) is 1. The van der Waals surface area contributed by atoms with Crippen LogP contribution in [0.2, 0.25) is 0 Å². The molecule has 2 aromatic rings. The van der Waals surface area contributed by atoms with Gasteiger partial charge in [0.25, 0.3) is 0 Å². The molecule has 0 bridgehead atoms. The summed E-state index contributed by atoms with van der Waals surface area (Å²) in [5.41, 5.74) is 1.89. The first kappa shape index (κ1) is 18.9. The summed E-state index contributed by atoms with van der Waals surface area (Å²) in [5, 5.41) is 19.0. The van der Waals surface area contributed by atoms with Crippen LogP contribution in [0.3, 0.4) is 0 Å². The van der Waals surface area contributed by atoms with Crippen LogP contribution in [0.5, 0.6) is 17.2 Å². The number of aromatic hydroxyl groups is 2. The molecule has 1 heterocycles. The Hall–Kier alpha value is -2.89. The number of methoxy groups -OCH3 is 1. The summed E-state index contributed by atoms with van der Waals surface area (Å²) >= 11 is 0. The van der Waals surface area contributed by atoms with E-state index >= 15 is 0 Å². The number of rotatable bonds is 5. The van der Waals surface area contributed by atoms with Crippen LogP contribution in [-0.2, 0) is 11.2 Å². The number of carbonyl (C=O) groups is 1. The average molecular weight is 370 g/mol. The van der Waals surface area contributed by atoms with Crippen molar-refractivity contribution in [3.63, 3.8) is 0 Å². The van der Waals surface area contributed by atoms with Crippen LogP contribution in [0.4, 0.5) is 5.69 Å². The highest BCUT2D eigenvalue weighted by atomic mass is 16.5. The van der Waals surface area contributed by atoms with Crippen molar-refractivity contribution < 1.29 is 19.7 Å². The van der Waals surface area contributed by atoms with Crippen molar-refractivity contribution in [1.29, 1.82) is 0 Å². The number of piperazine rings is 1. The van der Waals surface area contributed by atoms with E-state index in [9.17, 15) is 15.0 Å². The van der Waals surface area contributed by atoms with Crippen LogP contribution in [0.15, 0.2) is 42.5 Å². The van der Waals surface area contributed by atoms with Crippen LogP contribution in [0.25, 0.3) is 0 Å². The summed E-state index contributed by atoms with van der Waals surface area (Å²) in [7, 11) is 1.67. The molecule has 2 N–H and O–H groups in total. The van der Waals surface area contributed by atoms with Crippen molar-refractivity contribution in [2.24, 2.45) is 5.92 Å². The molecule has 2 aromatic carbocycles. The number of hydrogen-bond acceptors (Lipinski definition) is 5. The molecule has 0 saturated carbocycles. The molecule has 1 unspecified atom stereocenters. The Labute approximate surface area is 159 Å². The second-order valence-electron chi connectivity index (χ2n) is 6.91. The van der Waals surface area contributed by atoms with Gasteiger partial charge in [-0.2, -0.15) is 0 Å². The minimum absolute atomic E-state index is 0.113. The molecule has 1 atom stereocenters. The summed E-state index contributed by atoms with van der Waals surface area (Å²) in [6.07, 6.45) is 0.527. The van der Waals surface area contributed by atoms with Gasteiger partial charge in [0.2, 0.25) is 5.91 Å². The first-order chi connectivity index (χ1) is 13.0. The Balaban J connectivity index is 1.58. The van der Waals surface area contributed by atoms with Crippen LogP contribution in [0, 0.1) is 5.92 Å². The first-order valence-corrected chi connectivity index (χ1v) is 9.17. The third-order valence-electron chi connectivity index (χ3n) is 5.02. The Bertz CT molecular complexity index is 801. The average Bonchev–Trinajstić information content (AvgIpc) is 2.70. The van der Waals surface area contributed by atoms with E-state index in [1.807, 2.05) is 36.1 Å². The van der Waals surface area contributed by atoms with Gasteiger partial charge in [-0.05, 0) is 36.2 Å². The number of benzene rings is 2. The number of nitrogens with zero attached hydrogens (tertiary/aromatic N) is 2. The Morgan fingerprint density at radius 2 is 1.78 bits per heavy atom. The van der Waals surface area contributed by atoms with Crippen molar-refractivity contribution in [3.8, 4) is 17.2 Å². The van der Waals surface area contributed by atoms with Crippen LogP contribution < -0.4 is 9.64 Å². The summed E-state index contributed by atoms with van der Waals surface area (Å²) < 4.78 is 5.44. The number of hydrogen-bond donors (Lipinski definition) is 2. The molecule has 27 heavy (non-hydrogen) atoms. The van der Waals surface area contributed by atoms with Gasteiger partial charge in [0.05, 0.1) is 12.8 Å². The van der Waals surface area contributed by atoms with E-state index in [1.165, 1.54) is 12.1 Å². The molecule has 1 amide bonds. The summed E-state index contributed by atoms with van der Waals surface area (Å²) in [5.74, 6) is 0.467. The number of amides is 1. The Kier molecular flexibility index (Phi) is 5.74. The lowest BCUT2D eigenvalue weighted by molar-refractivity contribution is -0.135.